The zero-order chi connectivity index (χ0) is 13.0. The van der Waals surface area contributed by atoms with Gasteiger partial charge in [-0.3, -0.25) is 0 Å². The van der Waals surface area contributed by atoms with Crippen molar-refractivity contribution < 1.29 is 0 Å². The van der Waals surface area contributed by atoms with Gasteiger partial charge >= 0.3 is 0 Å². The molecule has 1 heterocycles. The molecule has 104 valence electrons. The third-order valence-corrected chi connectivity index (χ3v) is 8.97. The zero-order valence-electron chi connectivity index (χ0n) is 11.7. The van der Waals surface area contributed by atoms with Crippen LogP contribution in [0.5, 0.6) is 0 Å². The van der Waals surface area contributed by atoms with Crippen LogP contribution in [0.1, 0.15) is 60.0 Å². The van der Waals surface area contributed by atoms with Crippen LogP contribution < -0.4 is 0 Å². The van der Waals surface area contributed by atoms with E-state index in [1.807, 2.05) is 11.3 Å². The van der Waals surface area contributed by atoms with E-state index in [9.17, 15) is 0 Å². The van der Waals surface area contributed by atoms with Crippen LogP contribution in [0, 0.1) is 23.2 Å². The van der Waals surface area contributed by atoms with Crippen molar-refractivity contribution in [2.45, 2.75) is 56.7 Å². The number of thiophene rings is 1. The molecule has 0 aliphatic heterocycles. The van der Waals surface area contributed by atoms with Crippen LogP contribution in [0.3, 0.4) is 0 Å². The fourth-order valence-corrected chi connectivity index (χ4v) is 7.58. The number of rotatable bonds is 3. The number of alkyl halides is 1. The van der Waals surface area contributed by atoms with Crippen LogP contribution >= 0.6 is 27.3 Å². The van der Waals surface area contributed by atoms with Crippen molar-refractivity contribution in [2.24, 2.45) is 23.2 Å². The molecule has 1 aromatic rings. The van der Waals surface area contributed by atoms with Gasteiger partial charge in [-0.15, -0.1) is 11.3 Å². The minimum absolute atomic E-state index is 0.602. The molecule has 0 amide bonds. The van der Waals surface area contributed by atoms with E-state index >= 15 is 0 Å². The van der Waals surface area contributed by atoms with Crippen LogP contribution in [0.15, 0.2) is 12.1 Å². The van der Waals surface area contributed by atoms with Gasteiger partial charge in [-0.2, -0.15) is 0 Å². The maximum atomic E-state index is 4.13. The third-order valence-electron chi connectivity index (χ3n) is 5.90. The molecule has 4 aliphatic carbocycles. The summed E-state index contributed by atoms with van der Waals surface area (Å²) in [6, 6.07) is 4.73. The summed E-state index contributed by atoms with van der Waals surface area (Å²) in [4.78, 5) is 3.77. The Balaban J connectivity index is 1.63. The van der Waals surface area contributed by atoms with Crippen molar-refractivity contribution in [2.75, 3.05) is 0 Å². The number of hydrogen-bond acceptors (Lipinski definition) is 1. The van der Waals surface area contributed by atoms with Crippen molar-refractivity contribution >= 4 is 27.3 Å². The lowest BCUT2D eigenvalue weighted by molar-refractivity contribution is -0.0524. The Bertz CT molecular complexity index is 440. The summed E-state index contributed by atoms with van der Waals surface area (Å²) in [5.74, 6) is 3.16. The Morgan fingerprint density at radius 2 is 1.74 bits per heavy atom. The van der Waals surface area contributed by atoms with E-state index in [2.05, 4.69) is 35.0 Å². The first-order chi connectivity index (χ1) is 9.18. The molecular weight excluding hydrogens is 316 g/mol. The predicted octanol–water partition coefficient (Wildman–Crippen LogP) is 5.96. The molecule has 5 rings (SSSR count). The van der Waals surface area contributed by atoms with E-state index in [0.717, 1.165) is 17.8 Å². The number of aryl methyl sites for hydroxylation is 1. The molecule has 0 saturated heterocycles. The van der Waals surface area contributed by atoms with E-state index in [4.69, 9.17) is 0 Å². The molecule has 1 atom stereocenters. The maximum absolute atomic E-state index is 4.13. The van der Waals surface area contributed by atoms with Crippen LogP contribution in [0.4, 0.5) is 0 Å². The average molecular weight is 339 g/mol. The van der Waals surface area contributed by atoms with Gasteiger partial charge in [-0.05, 0) is 80.2 Å². The molecule has 4 aliphatic rings. The minimum Gasteiger partial charge on any atom is -0.144 e. The lowest BCUT2D eigenvalue weighted by atomic mass is 9.49. The molecule has 4 bridgehead atoms. The van der Waals surface area contributed by atoms with E-state index < -0.39 is 0 Å². The van der Waals surface area contributed by atoms with Crippen molar-refractivity contribution in [3.05, 3.63) is 21.9 Å². The molecule has 0 aromatic carbocycles. The topological polar surface area (TPSA) is 0 Å². The smallest absolute Gasteiger partial charge is 0.0545 e. The number of halogens is 1. The van der Waals surface area contributed by atoms with Gasteiger partial charge in [-0.1, -0.05) is 22.9 Å². The Hall–Kier alpha value is 0.180. The summed E-state index contributed by atoms with van der Waals surface area (Å²) in [7, 11) is 0. The summed E-state index contributed by atoms with van der Waals surface area (Å²) in [6.45, 7) is 2.27. The van der Waals surface area contributed by atoms with Crippen molar-refractivity contribution in [3.8, 4) is 0 Å². The second-order valence-electron chi connectivity index (χ2n) is 7.30. The largest absolute Gasteiger partial charge is 0.144 e. The predicted molar refractivity (Wildman–Crippen MR) is 86.0 cm³/mol. The first-order valence-electron chi connectivity index (χ1n) is 7.91. The first-order valence-corrected chi connectivity index (χ1v) is 9.64. The van der Waals surface area contributed by atoms with Gasteiger partial charge in [0, 0.05) is 9.75 Å². The van der Waals surface area contributed by atoms with Crippen LogP contribution in [0.25, 0.3) is 0 Å². The van der Waals surface area contributed by atoms with Gasteiger partial charge in [-0.25, -0.2) is 0 Å². The van der Waals surface area contributed by atoms with E-state index in [-0.39, 0.29) is 0 Å². The highest BCUT2D eigenvalue weighted by atomic mass is 79.9. The molecule has 0 N–H and O–H groups in total. The SMILES string of the molecule is CCc1ccc(C(Br)C23CC4CC(CC(C4)C2)C3)s1. The first kappa shape index (κ1) is 12.9. The fourth-order valence-electron chi connectivity index (χ4n) is 5.51. The summed E-state index contributed by atoms with van der Waals surface area (Å²) in [5.41, 5.74) is 0.602. The molecule has 2 heteroatoms. The fraction of sp³-hybridized carbons (Fsp3) is 0.765. The van der Waals surface area contributed by atoms with Gasteiger partial charge in [0.2, 0.25) is 0 Å². The van der Waals surface area contributed by atoms with Crippen LogP contribution in [-0.4, -0.2) is 0 Å². The van der Waals surface area contributed by atoms with E-state index in [0.29, 0.717) is 10.2 Å². The Kier molecular flexibility index (Phi) is 3.11. The van der Waals surface area contributed by atoms with Crippen LogP contribution in [-0.2, 0) is 6.42 Å². The Morgan fingerprint density at radius 1 is 1.16 bits per heavy atom. The quantitative estimate of drug-likeness (QED) is 0.596. The minimum atomic E-state index is 0.602. The monoisotopic (exact) mass is 338 g/mol. The molecule has 1 aromatic heterocycles. The van der Waals surface area contributed by atoms with Crippen LogP contribution in [0.2, 0.25) is 0 Å². The van der Waals surface area contributed by atoms with Gasteiger partial charge in [0.15, 0.2) is 0 Å². The standard InChI is InChI=1S/C17H23BrS/c1-2-14-3-4-15(19-14)16(18)17-8-11-5-12(9-17)7-13(6-11)10-17/h3-4,11-13,16H,2,5-10H2,1H3. The molecule has 19 heavy (non-hydrogen) atoms. The normalized spacial score (nSPS) is 41.7. The highest BCUT2D eigenvalue weighted by Crippen LogP contribution is 2.66. The highest BCUT2D eigenvalue weighted by molar-refractivity contribution is 9.09. The molecule has 0 nitrogen and oxygen atoms in total. The molecule has 0 radical (unpaired) electrons. The maximum Gasteiger partial charge on any atom is 0.0545 e. The highest BCUT2D eigenvalue weighted by Gasteiger charge is 2.54. The summed E-state index contributed by atoms with van der Waals surface area (Å²) in [5, 5.41) is 0. The van der Waals surface area contributed by atoms with Gasteiger partial charge in [0.05, 0.1) is 4.83 Å². The Morgan fingerprint density at radius 3 is 2.21 bits per heavy atom. The van der Waals surface area contributed by atoms with E-state index in [1.54, 1.807) is 29.0 Å². The number of hydrogen-bond donors (Lipinski definition) is 0. The summed E-state index contributed by atoms with van der Waals surface area (Å²) >= 11 is 6.17. The third kappa shape index (κ3) is 2.05. The molecule has 1 unspecified atom stereocenters. The average Bonchev–Trinajstić information content (AvgIpc) is 2.84. The summed E-state index contributed by atoms with van der Waals surface area (Å²) in [6.07, 6.45) is 10.3. The second kappa shape index (κ2) is 4.59. The second-order valence-corrected chi connectivity index (χ2v) is 9.42. The molecule has 0 spiro atoms. The molecule has 4 fully saturated rings. The van der Waals surface area contributed by atoms with E-state index in [1.165, 1.54) is 25.7 Å². The lowest BCUT2D eigenvalue weighted by Crippen LogP contribution is -2.47. The molecule has 4 saturated carbocycles. The van der Waals surface area contributed by atoms with Gasteiger partial charge in [0.25, 0.3) is 0 Å². The van der Waals surface area contributed by atoms with Gasteiger partial charge < -0.3 is 0 Å². The van der Waals surface area contributed by atoms with Crippen molar-refractivity contribution in [1.29, 1.82) is 0 Å². The van der Waals surface area contributed by atoms with Crippen molar-refractivity contribution in [3.63, 3.8) is 0 Å². The summed E-state index contributed by atoms with van der Waals surface area (Å²) < 4.78 is 0. The lowest BCUT2D eigenvalue weighted by Gasteiger charge is -2.58. The molecular formula is C17H23BrS. The Labute approximate surface area is 129 Å². The van der Waals surface area contributed by atoms with Crippen molar-refractivity contribution in [1.82, 2.24) is 0 Å². The zero-order valence-corrected chi connectivity index (χ0v) is 14.1. The van der Waals surface area contributed by atoms with Gasteiger partial charge in [0.1, 0.15) is 0 Å².